The van der Waals surface area contributed by atoms with Gasteiger partial charge in [-0.3, -0.25) is 4.79 Å². The van der Waals surface area contributed by atoms with E-state index >= 15 is 0 Å². The number of aryl methyl sites for hydroxylation is 4. The van der Waals surface area contributed by atoms with Crippen LogP contribution >= 0.6 is 0 Å². The summed E-state index contributed by atoms with van der Waals surface area (Å²) in [6, 6.07) is 8.10. The van der Waals surface area contributed by atoms with Gasteiger partial charge in [0.1, 0.15) is 5.82 Å². The van der Waals surface area contributed by atoms with Gasteiger partial charge >= 0.3 is 0 Å². The number of rotatable bonds is 3. The molecule has 0 radical (unpaired) electrons. The third kappa shape index (κ3) is 2.98. The Balaban J connectivity index is 1.70. The number of carbonyl (C=O) groups excluding carboxylic acids is 1. The molecule has 1 aliphatic heterocycles. The van der Waals surface area contributed by atoms with Crippen LogP contribution in [0.1, 0.15) is 23.2 Å². The monoisotopic (exact) mass is 298 g/mol. The highest BCUT2D eigenvalue weighted by atomic mass is 16.2. The smallest absolute Gasteiger partial charge is 0.243 e. The quantitative estimate of drug-likeness (QED) is 0.948. The van der Waals surface area contributed by atoms with Gasteiger partial charge < -0.3 is 10.2 Å². The highest BCUT2D eigenvalue weighted by Crippen LogP contribution is 2.22. The molecular formula is C17H22N4O. The Labute approximate surface area is 130 Å². The van der Waals surface area contributed by atoms with Crippen LogP contribution in [0, 0.1) is 20.8 Å². The van der Waals surface area contributed by atoms with Crippen LogP contribution in [0.2, 0.25) is 0 Å². The second-order valence-electron chi connectivity index (χ2n) is 6.01. The van der Waals surface area contributed by atoms with Crippen LogP contribution < -0.4 is 10.2 Å². The molecule has 22 heavy (non-hydrogen) atoms. The SMILES string of the molecule is Cc1ccc(NC(=O)CN2CCCn3nc(C)cc32)c(C)c1. The minimum Gasteiger partial charge on any atom is -0.347 e. The largest absolute Gasteiger partial charge is 0.347 e. The average molecular weight is 298 g/mol. The summed E-state index contributed by atoms with van der Waals surface area (Å²) in [7, 11) is 0. The first-order valence-corrected chi connectivity index (χ1v) is 7.69. The van der Waals surface area contributed by atoms with E-state index in [2.05, 4.69) is 28.3 Å². The molecule has 1 amide bonds. The van der Waals surface area contributed by atoms with Crippen LogP contribution in [0.15, 0.2) is 24.3 Å². The first-order chi connectivity index (χ1) is 10.5. The van der Waals surface area contributed by atoms with Crippen molar-refractivity contribution >= 4 is 17.4 Å². The molecule has 0 bridgehead atoms. The Bertz CT molecular complexity index is 705. The summed E-state index contributed by atoms with van der Waals surface area (Å²) in [5, 5.41) is 7.47. The second kappa shape index (κ2) is 5.83. The molecule has 5 heteroatoms. The van der Waals surface area contributed by atoms with Crippen molar-refractivity contribution in [1.29, 1.82) is 0 Å². The summed E-state index contributed by atoms with van der Waals surface area (Å²) in [6.45, 7) is 8.24. The lowest BCUT2D eigenvalue weighted by Crippen LogP contribution is -2.38. The lowest BCUT2D eigenvalue weighted by atomic mass is 10.1. The van der Waals surface area contributed by atoms with Gasteiger partial charge in [-0.05, 0) is 38.8 Å². The Hall–Kier alpha value is -2.30. The van der Waals surface area contributed by atoms with Crippen LogP contribution in [-0.2, 0) is 11.3 Å². The Morgan fingerprint density at radius 3 is 2.82 bits per heavy atom. The molecule has 1 aromatic heterocycles. The fraction of sp³-hybridized carbons (Fsp3) is 0.412. The zero-order chi connectivity index (χ0) is 15.7. The van der Waals surface area contributed by atoms with Crippen LogP contribution in [-0.4, -0.2) is 28.8 Å². The van der Waals surface area contributed by atoms with E-state index < -0.39 is 0 Å². The predicted molar refractivity (Wildman–Crippen MR) is 88.3 cm³/mol. The molecule has 1 aromatic carbocycles. The highest BCUT2D eigenvalue weighted by Gasteiger charge is 2.20. The van der Waals surface area contributed by atoms with Gasteiger partial charge in [-0.1, -0.05) is 17.7 Å². The van der Waals surface area contributed by atoms with E-state index in [1.165, 1.54) is 5.56 Å². The van der Waals surface area contributed by atoms with Crippen molar-refractivity contribution in [1.82, 2.24) is 9.78 Å². The molecule has 1 aliphatic rings. The molecule has 0 aliphatic carbocycles. The summed E-state index contributed by atoms with van der Waals surface area (Å²) >= 11 is 0. The lowest BCUT2D eigenvalue weighted by molar-refractivity contribution is -0.115. The number of nitrogens with zero attached hydrogens (tertiary/aromatic N) is 3. The lowest BCUT2D eigenvalue weighted by Gasteiger charge is -2.28. The molecule has 0 atom stereocenters. The van der Waals surface area contributed by atoms with E-state index in [1.807, 2.05) is 36.7 Å². The molecule has 0 unspecified atom stereocenters. The molecule has 0 fully saturated rings. The van der Waals surface area contributed by atoms with Crippen molar-refractivity contribution < 1.29 is 4.79 Å². The molecule has 2 aromatic rings. The van der Waals surface area contributed by atoms with E-state index in [9.17, 15) is 4.79 Å². The maximum absolute atomic E-state index is 12.4. The van der Waals surface area contributed by atoms with E-state index in [0.29, 0.717) is 6.54 Å². The van der Waals surface area contributed by atoms with Crippen molar-refractivity contribution in [3.8, 4) is 0 Å². The summed E-state index contributed by atoms with van der Waals surface area (Å²) < 4.78 is 1.99. The number of nitrogens with one attached hydrogen (secondary N) is 1. The van der Waals surface area contributed by atoms with Crippen LogP contribution in [0.3, 0.4) is 0 Å². The van der Waals surface area contributed by atoms with Gasteiger partial charge in [-0.2, -0.15) is 5.10 Å². The number of hydrogen-bond acceptors (Lipinski definition) is 3. The first kappa shape index (κ1) is 14.6. The van der Waals surface area contributed by atoms with Crippen molar-refractivity contribution in [2.45, 2.75) is 33.7 Å². The van der Waals surface area contributed by atoms with Crippen LogP contribution in [0.25, 0.3) is 0 Å². The van der Waals surface area contributed by atoms with Gasteiger partial charge in [-0.25, -0.2) is 4.68 Å². The van der Waals surface area contributed by atoms with Crippen molar-refractivity contribution in [2.24, 2.45) is 0 Å². The Kier molecular flexibility index (Phi) is 3.88. The standard InChI is InChI=1S/C17H22N4O/c1-12-5-6-15(13(2)9-12)18-16(22)11-20-7-4-8-21-17(20)10-14(3)19-21/h5-6,9-10H,4,7-8,11H2,1-3H3,(H,18,22). The zero-order valence-electron chi connectivity index (χ0n) is 13.4. The minimum atomic E-state index is 0.0132. The number of hydrogen-bond donors (Lipinski definition) is 1. The molecule has 2 heterocycles. The maximum atomic E-state index is 12.4. The van der Waals surface area contributed by atoms with Crippen LogP contribution in [0.5, 0.6) is 0 Å². The topological polar surface area (TPSA) is 50.2 Å². The van der Waals surface area contributed by atoms with Crippen molar-refractivity contribution in [3.63, 3.8) is 0 Å². The summed E-state index contributed by atoms with van der Waals surface area (Å²) in [6.07, 6.45) is 1.02. The average Bonchev–Trinajstić information content (AvgIpc) is 2.83. The summed E-state index contributed by atoms with van der Waals surface area (Å²) in [4.78, 5) is 14.5. The number of fused-ring (bicyclic) bond motifs is 1. The zero-order valence-corrected chi connectivity index (χ0v) is 13.4. The fourth-order valence-corrected chi connectivity index (χ4v) is 2.95. The number of amides is 1. The second-order valence-corrected chi connectivity index (χ2v) is 6.01. The third-order valence-corrected chi connectivity index (χ3v) is 3.99. The summed E-state index contributed by atoms with van der Waals surface area (Å²) in [5.74, 6) is 1.05. The van der Waals surface area contributed by atoms with Gasteiger partial charge in [0.15, 0.2) is 0 Å². The highest BCUT2D eigenvalue weighted by molar-refractivity contribution is 5.94. The molecule has 0 saturated carbocycles. The molecule has 0 spiro atoms. The summed E-state index contributed by atoms with van der Waals surface area (Å²) in [5.41, 5.74) is 4.17. The molecule has 1 N–H and O–H groups in total. The van der Waals surface area contributed by atoms with E-state index in [1.54, 1.807) is 0 Å². The minimum absolute atomic E-state index is 0.0132. The number of aromatic nitrogens is 2. The number of carbonyl (C=O) groups is 1. The van der Waals surface area contributed by atoms with E-state index in [0.717, 1.165) is 42.3 Å². The van der Waals surface area contributed by atoms with Gasteiger partial charge in [0.25, 0.3) is 0 Å². The van der Waals surface area contributed by atoms with Gasteiger partial charge in [0.2, 0.25) is 5.91 Å². The van der Waals surface area contributed by atoms with Gasteiger partial charge in [-0.15, -0.1) is 0 Å². The molecule has 0 saturated heterocycles. The molecule has 5 nitrogen and oxygen atoms in total. The van der Waals surface area contributed by atoms with Gasteiger partial charge in [0.05, 0.1) is 12.2 Å². The fourth-order valence-electron chi connectivity index (χ4n) is 2.95. The third-order valence-electron chi connectivity index (χ3n) is 3.99. The number of anilines is 2. The van der Waals surface area contributed by atoms with E-state index in [4.69, 9.17) is 0 Å². The van der Waals surface area contributed by atoms with E-state index in [-0.39, 0.29) is 5.91 Å². The van der Waals surface area contributed by atoms with Crippen molar-refractivity contribution in [3.05, 3.63) is 41.1 Å². The molecule has 116 valence electrons. The number of benzene rings is 1. The van der Waals surface area contributed by atoms with Crippen molar-refractivity contribution in [2.75, 3.05) is 23.3 Å². The Morgan fingerprint density at radius 1 is 1.23 bits per heavy atom. The van der Waals surface area contributed by atoms with Gasteiger partial charge in [0, 0.05) is 24.8 Å². The Morgan fingerprint density at radius 2 is 2.05 bits per heavy atom. The van der Waals surface area contributed by atoms with Crippen LogP contribution in [0.4, 0.5) is 11.5 Å². The molecular weight excluding hydrogens is 276 g/mol. The first-order valence-electron chi connectivity index (χ1n) is 7.69. The maximum Gasteiger partial charge on any atom is 0.243 e. The molecule has 3 rings (SSSR count). The normalized spacial score (nSPS) is 13.9. The predicted octanol–water partition coefficient (Wildman–Crippen LogP) is 2.66.